The average Bonchev–Trinajstić information content (AvgIpc) is 2.59. The molecule has 1 aromatic carbocycles. The summed E-state index contributed by atoms with van der Waals surface area (Å²) in [5.41, 5.74) is 0.891. The van der Waals surface area contributed by atoms with Crippen molar-refractivity contribution in [2.75, 3.05) is 39.1 Å². The van der Waals surface area contributed by atoms with Gasteiger partial charge in [-0.2, -0.15) is 5.26 Å². The second-order valence-electron chi connectivity index (χ2n) is 6.23. The number of aromatic hydroxyl groups is 1. The third-order valence-electron chi connectivity index (χ3n) is 4.49. The maximum Gasteiger partial charge on any atom is 0.266 e. The molecule has 128 valence electrons. The Morgan fingerprint density at radius 3 is 2.42 bits per heavy atom. The van der Waals surface area contributed by atoms with Crippen molar-refractivity contribution >= 4 is 11.6 Å². The number of phenolic OH excluding ortho intramolecular Hbond substituents is 1. The van der Waals surface area contributed by atoms with E-state index >= 15 is 0 Å². The van der Waals surface area contributed by atoms with Gasteiger partial charge in [-0.3, -0.25) is 4.79 Å². The zero-order valence-electron chi connectivity index (χ0n) is 14.4. The van der Waals surface area contributed by atoms with Gasteiger partial charge in [0.15, 0.2) is 0 Å². The molecular formula is C18H24N4O2. The Balaban J connectivity index is 2.10. The Labute approximate surface area is 143 Å². The molecule has 0 bridgehead atoms. The first-order valence-electron chi connectivity index (χ1n) is 8.02. The number of likely N-dealkylation sites (tertiary alicyclic amines) is 1. The zero-order chi connectivity index (χ0) is 17.7. The van der Waals surface area contributed by atoms with Gasteiger partial charge in [0.2, 0.25) is 0 Å². The van der Waals surface area contributed by atoms with Crippen molar-refractivity contribution in [1.82, 2.24) is 9.80 Å². The van der Waals surface area contributed by atoms with E-state index in [4.69, 9.17) is 0 Å². The van der Waals surface area contributed by atoms with Crippen LogP contribution in [0.5, 0.6) is 5.75 Å². The molecule has 1 saturated heterocycles. The molecule has 2 rings (SSSR count). The summed E-state index contributed by atoms with van der Waals surface area (Å²) in [7, 11) is 5.61. The van der Waals surface area contributed by atoms with Crippen LogP contribution in [0.15, 0.2) is 36.0 Å². The number of carbonyl (C=O) groups excluding carboxylic acids is 1. The molecule has 6 heteroatoms. The molecule has 24 heavy (non-hydrogen) atoms. The van der Waals surface area contributed by atoms with Crippen LogP contribution in [0, 0.1) is 11.3 Å². The molecule has 0 spiro atoms. The lowest BCUT2D eigenvalue weighted by Gasteiger charge is -2.35. The van der Waals surface area contributed by atoms with Crippen molar-refractivity contribution in [2.45, 2.75) is 18.9 Å². The summed E-state index contributed by atoms with van der Waals surface area (Å²) in [6.07, 6.45) is 3.39. The van der Waals surface area contributed by atoms with E-state index in [0.29, 0.717) is 0 Å². The lowest BCUT2D eigenvalue weighted by atomic mass is 10.0. The van der Waals surface area contributed by atoms with E-state index in [1.54, 1.807) is 54.4 Å². The van der Waals surface area contributed by atoms with Crippen LogP contribution in [0.4, 0.5) is 5.69 Å². The topological polar surface area (TPSA) is 70.8 Å². The lowest BCUT2D eigenvalue weighted by Crippen LogP contribution is -2.45. The summed E-state index contributed by atoms with van der Waals surface area (Å²) >= 11 is 0. The first-order valence-corrected chi connectivity index (χ1v) is 8.02. The first-order chi connectivity index (χ1) is 11.4. The molecule has 0 radical (unpaired) electrons. The van der Waals surface area contributed by atoms with Crippen molar-refractivity contribution in [3.05, 3.63) is 36.0 Å². The molecule has 1 N–H and O–H groups in total. The van der Waals surface area contributed by atoms with E-state index in [-0.39, 0.29) is 23.3 Å². The number of amides is 1. The van der Waals surface area contributed by atoms with Gasteiger partial charge in [-0.05, 0) is 57.2 Å². The predicted octanol–water partition coefficient (Wildman–Crippen LogP) is 1.79. The minimum atomic E-state index is -0.252. The zero-order valence-corrected chi connectivity index (χ0v) is 14.4. The summed E-state index contributed by atoms with van der Waals surface area (Å²) in [5, 5.41) is 18.7. The number of rotatable bonds is 4. The van der Waals surface area contributed by atoms with Crippen molar-refractivity contribution in [3.63, 3.8) is 0 Å². The number of benzene rings is 1. The van der Waals surface area contributed by atoms with Crippen molar-refractivity contribution in [2.24, 2.45) is 0 Å². The Morgan fingerprint density at radius 2 is 1.88 bits per heavy atom. The third kappa shape index (κ3) is 4.27. The summed E-state index contributed by atoms with van der Waals surface area (Å²) in [4.78, 5) is 18.3. The van der Waals surface area contributed by atoms with Gasteiger partial charge >= 0.3 is 0 Å². The van der Waals surface area contributed by atoms with Crippen molar-refractivity contribution < 1.29 is 9.90 Å². The summed E-state index contributed by atoms with van der Waals surface area (Å²) in [5.74, 6) is -0.0765. The predicted molar refractivity (Wildman–Crippen MR) is 93.5 cm³/mol. The number of hydrogen-bond donors (Lipinski definition) is 1. The SMILES string of the molecule is CN1CCC(N(C)C(=O)/C(C#N)=C\N(C)c2ccc(O)cc2)CC1. The van der Waals surface area contributed by atoms with Crippen LogP contribution in [0.1, 0.15) is 12.8 Å². The number of nitrogens with zero attached hydrogens (tertiary/aromatic N) is 4. The van der Waals surface area contributed by atoms with Crippen LogP contribution < -0.4 is 4.90 Å². The van der Waals surface area contributed by atoms with Crippen LogP contribution in [0.2, 0.25) is 0 Å². The number of hydrogen-bond acceptors (Lipinski definition) is 5. The highest BCUT2D eigenvalue weighted by atomic mass is 16.3. The Hall–Kier alpha value is -2.52. The fourth-order valence-corrected chi connectivity index (χ4v) is 2.83. The third-order valence-corrected chi connectivity index (χ3v) is 4.49. The molecule has 0 atom stereocenters. The second-order valence-corrected chi connectivity index (χ2v) is 6.23. The van der Waals surface area contributed by atoms with Gasteiger partial charge in [-0.1, -0.05) is 0 Å². The Bertz CT molecular complexity index is 640. The average molecular weight is 328 g/mol. The molecule has 1 aliphatic heterocycles. The fraction of sp³-hybridized carbons (Fsp3) is 0.444. The molecule has 1 heterocycles. The first kappa shape index (κ1) is 17.8. The number of anilines is 1. The van der Waals surface area contributed by atoms with Gasteiger partial charge < -0.3 is 19.8 Å². The summed E-state index contributed by atoms with van der Waals surface area (Å²) in [6, 6.07) is 8.77. The molecule has 0 aromatic heterocycles. The molecule has 1 fully saturated rings. The molecule has 0 aliphatic carbocycles. The van der Waals surface area contributed by atoms with Gasteiger partial charge in [-0.25, -0.2) is 0 Å². The van der Waals surface area contributed by atoms with E-state index in [1.807, 2.05) is 6.07 Å². The van der Waals surface area contributed by atoms with E-state index in [0.717, 1.165) is 31.6 Å². The standard InChI is InChI=1S/C18H24N4O2/c1-20-10-8-16(9-11-20)22(3)18(24)14(12-19)13-21(2)15-4-6-17(23)7-5-15/h4-7,13,16,23H,8-11H2,1-3H3/b14-13-. The molecule has 0 unspecified atom stereocenters. The maximum atomic E-state index is 12.6. The number of piperidine rings is 1. The Kier molecular flexibility index (Phi) is 5.83. The maximum absolute atomic E-state index is 12.6. The van der Waals surface area contributed by atoms with E-state index < -0.39 is 0 Å². The molecule has 1 aromatic rings. The lowest BCUT2D eigenvalue weighted by molar-refractivity contribution is -0.128. The Morgan fingerprint density at radius 1 is 1.29 bits per heavy atom. The highest BCUT2D eigenvalue weighted by Gasteiger charge is 2.26. The monoisotopic (exact) mass is 328 g/mol. The minimum Gasteiger partial charge on any atom is -0.508 e. The van der Waals surface area contributed by atoms with Gasteiger partial charge in [-0.15, -0.1) is 0 Å². The highest BCUT2D eigenvalue weighted by Crippen LogP contribution is 2.20. The fourth-order valence-electron chi connectivity index (χ4n) is 2.83. The van der Waals surface area contributed by atoms with E-state index in [2.05, 4.69) is 11.9 Å². The van der Waals surface area contributed by atoms with Crippen LogP contribution >= 0.6 is 0 Å². The van der Waals surface area contributed by atoms with Crippen LogP contribution in [-0.2, 0) is 4.79 Å². The molecule has 1 aliphatic rings. The number of nitriles is 1. The van der Waals surface area contributed by atoms with Gasteiger partial charge in [0.05, 0.1) is 0 Å². The van der Waals surface area contributed by atoms with Crippen LogP contribution in [0.25, 0.3) is 0 Å². The van der Waals surface area contributed by atoms with Gasteiger partial charge in [0, 0.05) is 32.0 Å². The normalized spacial score (nSPS) is 16.5. The number of likely N-dealkylation sites (N-methyl/N-ethyl adjacent to an activating group) is 1. The van der Waals surface area contributed by atoms with Crippen molar-refractivity contribution in [3.8, 4) is 11.8 Å². The quantitative estimate of drug-likeness (QED) is 0.674. The van der Waals surface area contributed by atoms with Gasteiger partial charge in [0.25, 0.3) is 5.91 Å². The molecule has 1 amide bonds. The van der Waals surface area contributed by atoms with Gasteiger partial charge in [0.1, 0.15) is 17.4 Å². The number of phenols is 1. The second kappa shape index (κ2) is 7.84. The summed E-state index contributed by atoms with van der Waals surface area (Å²) in [6.45, 7) is 1.92. The minimum absolute atomic E-state index is 0.104. The van der Waals surface area contributed by atoms with E-state index in [1.165, 1.54) is 0 Å². The van der Waals surface area contributed by atoms with Crippen LogP contribution in [0.3, 0.4) is 0 Å². The summed E-state index contributed by atoms with van der Waals surface area (Å²) < 4.78 is 0. The number of carbonyl (C=O) groups is 1. The van der Waals surface area contributed by atoms with Crippen LogP contribution in [-0.4, -0.2) is 61.1 Å². The molecule has 0 saturated carbocycles. The molecule has 6 nitrogen and oxygen atoms in total. The van der Waals surface area contributed by atoms with Crippen molar-refractivity contribution in [1.29, 1.82) is 5.26 Å². The highest BCUT2D eigenvalue weighted by molar-refractivity contribution is 5.97. The largest absolute Gasteiger partial charge is 0.508 e. The smallest absolute Gasteiger partial charge is 0.266 e. The van der Waals surface area contributed by atoms with E-state index in [9.17, 15) is 15.2 Å². The molecular weight excluding hydrogens is 304 g/mol.